The van der Waals surface area contributed by atoms with Crippen LogP contribution >= 0.6 is 11.3 Å². The SMILES string of the molecule is N#C[C@H](c1nc2ccccc2nc1NCc1cccs1)S(=O)(=O)c1ccc(F)cc1. The van der Waals surface area contributed by atoms with Crippen LogP contribution in [0.1, 0.15) is 15.8 Å². The van der Waals surface area contributed by atoms with Gasteiger partial charge in [0.1, 0.15) is 11.5 Å². The zero-order valence-electron chi connectivity index (χ0n) is 15.5. The Hall–Kier alpha value is -3.35. The molecule has 0 bridgehead atoms. The maximum absolute atomic E-state index is 13.3. The van der Waals surface area contributed by atoms with Gasteiger partial charge >= 0.3 is 0 Å². The normalized spacial score (nSPS) is 12.4. The molecule has 0 radical (unpaired) electrons. The van der Waals surface area contributed by atoms with Crippen LogP contribution in [0.5, 0.6) is 0 Å². The molecule has 0 saturated carbocycles. The van der Waals surface area contributed by atoms with Crippen molar-refractivity contribution in [3.05, 3.63) is 82.4 Å². The van der Waals surface area contributed by atoms with Gasteiger partial charge in [0.25, 0.3) is 0 Å². The van der Waals surface area contributed by atoms with Crippen molar-refractivity contribution in [2.24, 2.45) is 0 Å². The van der Waals surface area contributed by atoms with Crippen LogP contribution in [0, 0.1) is 17.1 Å². The van der Waals surface area contributed by atoms with Crippen LogP contribution < -0.4 is 5.32 Å². The molecule has 6 nitrogen and oxygen atoms in total. The van der Waals surface area contributed by atoms with Crippen LogP contribution in [0.15, 0.2) is 70.9 Å². The van der Waals surface area contributed by atoms with Gasteiger partial charge in [-0.2, -0.15) is 5.26 Å². The summed E-state index contributed by atoms with van der Waals surface area (Å²) in [6.45, 7) is 0.409. The zero-order valence-corrected chi connectivity index (χ0v) is 17.1. The van der Waals surface area contributed by atoms with Crippen LogP contribution in [0.2, 0.25) is 0 Å². The monoisotopic (exact) mass is 438 g/mol. The topological polar surface area (TPSA) is 95.7 Å². The Bertz CT molecular complexity index is 1330. The fourth-order valence-corrected chi connectivity index (χ4v) is 4.98. The minimum atomic E-state index is -4.15. The minimum absolute atomic E-state index is 0.0112. The average molecular weight is 439 g/mol. The number of aromatic nitrogens is 2. The first-order valence-electron chi connectivity index (χ1n) is 8.91. The van der Waals surface area contributed by atoms with E-state index in [-0.39, 0.29) is 16.4 Å². The second-order valence-corrected chi connectivity index (χ2v) is 9.45. The summed E-state index contributed by atoms with van der Waals surface area (Å²) >= 11 is 1.54. The standard InChI is InChI=1S/C21H15FN4O2S2/c22-14-7-9-16(10-8-14)30(27,28)19(12-23)20-21(24-13-15-4-3-11-29-15)26-18-6-2-1-5-17(18)25-20/h1-11,19H,13H2,(H,24,26)/t19-/m1/s1. The molecule has 0 aliphatic heterocycles. The Labute approximate surface area is 176 Å². The lowest BCUT2D eigenvalue weighted by molar-refractivity contribution is 0.589. The molecule has 150 valence electrons. The number of nitrogens with zero attached hydrogens (tertiary/aromatic N) is 3. The number of hydrogen-bond donors (Lipinski definition) is 1. The molecule has 4 aromatic rings. The van der Waals surface area contributed by atoms with Crippen molar-refractivity contribution in [3.8, 4) is 6.07 Å². The number of nitriles is 1. The molecule has 0 amide bonds. The molecule has 2 heterocycles. The van der Waals surface area contributed by atoms with Gasteiger partial charge < -0.3 is 5.32 Å². The lowest BCUT2D eigenvalue weighted by Gasteiger charge is -2.16. The number of halogens is 1. The van der Waals surface area contributed by atoms with E-state index in [2.05, 4.69) is 15.3 Å². The summed E-state index contributed by atoms with van der Waals surface area (Å²) in [6.07, 6.45) is 0. The summed E-state index contributed by atoms with van der Waals surface area (Å²) in [5.41, 5.74) is 1.06. The Morgan fingerprint density at radius 1 is 1.03 bits per heavy atom. The van der Waals surface area contributed by atoms with E-state index in [0.29, 0.717) is 17.6 Å². The first-order valence-corrected chi connectivity index (χ1v) is 11.3. The van der Waals surface area contributed by atoms with Gasteiger partial charge in [0.2, 0.25) is 9.84 Å². The number of benzene rings is 2. The molecule has 1 atom stereocenters. The highest BCUT2D eigenvalue weighted by Crippen LogP contribution is 2.32. The summed E-state index contributed by atoms with van der Waals surface area (Å²) in [4.78, 5) is 9.84. The molecule has 4 rings (SSSR count). The predicted molar refractivity (Wildman–Crippen MR) is 113 cm³/mol. The van der Waals surface area contributed by atoms with Crippen molar-refractivity contribution < 1.29 is 12.8 Å². The molecule has 0 unspecified atom stereocenters. The number of thiophene rings is 1. The Morgan fingerprint density at radius 3 is 2.37 bits per heavy atom. The van der Waals surface area contributed by atoms with Gasteiger partial charge in [-0.1, -0.05) is 18.2 Å². The third-order valence-corrected chi connectivity index (χ3v) is 7.18. The Kier molecular flexibility index (Phi) is 5.44. The van der Waals surface area contributed by atoms with Crippen molar-refractivity contribution in [2.45, 2.75) is 16.7 Å². The number of hydrogen-bond acceptors (Lipinski definition) is 7. The van der Waals surface area contributed by atoms with Crippen LogP contribution in [-0.4, -0.2) is 18.4 Å². The highest BCUT2D eigenvalue weighted by molar-refractivity contribution is 7.92. The summed E-state index contributed by atoms with van der Waals surface area (Å²) in [6, 6.07) is 17.1. The summed E-state index contributed by atoms with van der Waals surface area (Å²) in [7, 11) is -4.15. The van der Waals surface area contributed by atoms with E-state index in [1.807, 2.05) is 23.6 Å². The van der Waals surface area contributed by atoms with E-state index >= 15 is 0 Å². The molecular formula is C21H15FN4O2S2. The van der Waals surface area contributed by atoms with Crippen LogP contribution in [0.4, 0.5) is 10.2 Å². The van der Waals surface area contributed by atoms with Crippen LogP contribution in [-0.2, 0) is 16.4 Å². The maximum Gasteiger partial charge on any atom is 0.200 e. The Morgan fingerprint density at radius 2 is 1.73 bits per heavy atom. The van der Waals surface area contributed by atoms with Crippen molar-refractivity contribution in [1.29, 1.82) is 5.26 Å². The molecule has 0 saturated heterocycles. The van der Waals surface area contributed by atoms with E-state index in [1.165, 1.54) is 0 Å². The molecule has 30 heavy (non-hydrogen) atoms. The third kappa shape index (κ3) is 3.87. The highest BCUT2D eigenvalue weighted by atomic mass is 32.2. The minimum Gasteiger partial charge on any atom is -0.364 e. The lowest BCUT2D eigenvalue weighted by Crippen LogP contribution is -2.17. The zero-order chi connectivity index (χ0) is 21.1. The number of nitrogens with one attached hydrogen (secondary N) is 1. The first kappa shape index (κ1) is 19.9. The van der Waals surface area contributed by atoms with E-state index in [0.717, 1.165) is 29.1 Å². The van der Waals surface area contributed by atoms with Crippen LogP contribution in [0.3, 0.4) is 0 Å². The maximum atomic E-state index is 13.3. The molecule has 0 aliphatic rings. The number of para-hydroxylation sites is 2. The number of sulfone groups is 1. The molecular weight excluding hydrogens is 423 g/mol. The fraction of sp³-hybridized carbons (Fsp3) is 0.0952. The number of rotatable bonds is 6. The summed E-state index contributed by atoms with van der Waals surface area (Å²) < 4.78 is 39.6. The predicted octanol–water partition coefficient (Wildman–Crippen LogP) is 4.48. The van der Waals surface area contributed by atoms with E-state index in [1.54, 1.807) is 35.6 Å². The van der Waals surface area contributed by atoms with E-state index in [9.17, 15) is 18.1 Å². The first-order chi connectivity index (χ1) is 14.5. The molecule has 0 aliphatic carbocycles. The number of fused-ring (bicyclic) bond motifs is 1. The summed E-state index contributed by atoms with van der Waals surface area (Å²) in [5.74, 6) is -0.342. The largest absolute Gasteiger partial charge is 0.364 e. The molecule has 0 fully saturated rings. The van der Waals surface area contributed by atoms with Crippen molar-refractivity contribution >= 4 is 38.0 Å². The van der Waals surface area contributed by atoms with Crippen molar-refractivity contribution in [3.63, 3.8) is 0 Å². The quantitative estimate of drug-likeness (QED) is 0.446. The molecule has 9 heteroatoms. The second kappa shape index (κ2) is 8.18. The van der Waals surface area contributed by atoms with Gasteiger partial charge in [-0.15, -0.1) is 11.3 Å². The smallest absolute Gasteiger partial charge is 0.200 e. The number of anilines is 1. The fourth-order valence-electron chi connectivity index (χ4n) is 2.95. The summed E-state index contributed by atoms with van der Waals surface area (Å²) in [5, 5.41) is 13.2. The van der Waals surface area contributed by atoms with Gasteiger partial charge in [-0.3, -0.25) is 0 Å². The second-order valence-electron chi connectivity index (χ2n) is 6.39. The van der Waals surface area contributed by atoms with Gasteiger partial charge in [-0.05, 0) is 47.8 Å². The molecule has 2 aromatic heterocycles. The average Bonchev–Trinajstić information content (AvgIpc) is 3.26. The van der Waals surface area contributed by atoms with Gasteiger partial charge in [-0.25, -0.2) is 22.8 Å². The third-order valence-electron chi connectivity index (χ3n) is 4.43. The Balaban J connectivity index is 1.82. The van der Waals surface area contributed by atoms with Gasteiger partial charge in [0.05, 0.1) is 28.5 Å². The van der Waals surface area contributed by atoms with E-state index in [4.69, 9.17) is 0 Å². The van der Waals surface area contributed by atoms with Crippen molar-refractivity contribution in [1.82, 2.24) is 9.97 Å². The molecule has 0 spiro atoms. The highest BCUT2D eigenvalue weighted by Gasteiger charge is 2.33. The lowest BCUT2D eigenvalue weighted by atomic mass is 10.2. The van der Waals surface area contributed by atoms with Crippen LogP contribution in [0.25, 0.3) is 11.0 Å². The van der Waals surface area contributed by atoms with Gasteiger partial charge in [0, 0.05) is 4.88 Å². The molecule has 1 N–H and O–H groups in total. The van der Waals surface area contributed by atoms with Gasteiger partial charge in [0.15, 0.2) is 11.1 Å². The van der Waals surface area contributed by atoms with Crippen molar-refractivity contribution in [2.75, 3.05) is 5.32 Å². The van der Waals surface area contributed by atoms with E-state index < -0.39 is 20.9 Å². The molecule has 2 aromatic carbocycles.